The van der Waals surface area contributed by atoms with Gasteiger partial charge in [0.15, 0.2) is 11.5 Å². The fraction of sp³-hybridized carbons (Fsp3) is 0.231. The number of aromatic nitrogens is 5. The molecule has 0 amide bonds. The van der Waals surface area contributed by atoms with Crippen molar-refractivity contribution in [2.45, 2.75) is 13.0 Å². The molecule has 0 aliphatic heterocycles. The minimum Gasteiger partial charge on any atom is -0.365 e. The molecule has 0 spiro atoms. The van der Waals surface area contributed by atoms with Gasteiger partial charge < -0.3 is 11.1 Å². The van der Waals surface area contributed by atoms with Crippen LogP contribution in [0.2, 0.25) is 0 Å². The van der Waals surface area contributed by atoms with Gasteiger partial charge in [-0.2, -0.15) is 4.52 Å². The normalized spacial score (nSPS) is 10.8. The first kappa shape index (κ1) is 12.5. The van der Waals surface area contributed by atoms with Crippen molar-refractivity contribution in [1.29, 1.82) is 0 Å². The zero-order valence-electron chi connectivity index (χ0n) is 10.9. The lowest BCUT2D eigenvalue weighted by Crippen LogP contribution is -2.06. The van der Waals surface area contributed by atoms with Crippen LogP contribution in [0.5, 0.6) is 0 Å². The zero-order valence-corrected chi connectivity index (χ0v) is 10.9. The molecule has 0 saturated carbocycles. The summed E-state index contributed by atoms with van der Waals surface area (Å²) in [5.74, 6) is 0.763. The Morgan fingerprint density at radius 2 is 1.90 bits per heavy atom. The maximum Gasteiger partial charge on any atom is 0.199 e. The van der Waals surface area contributed by atoms with Crippen LogP contribution in [0.3, 0.4) is 0 Å². The molecule has 0 atom stereocenters. The highest BCUT2D eigenvalue weighted by Crippen LogP contribution is 2.10. The maximum absolute atomic E-state index is 5.54. The number of nitrogens with zero attached hydrogens (tertiary/aromatic N) is 5. The summed E-state index contributed by atoms with van der Waals surface area (Å²) in [6.45, 7) is 1.36. The molecule has 0 aliphatic carbocycles. The second kappa shape index (κ2) is 5.62. The van der Waals surface area contributed by atoms with E-state index in [4.69, 9.17) is 5.73 Å². The fourth-order valence-electron chi connectivity index (χ4n) is 1.98. The van der Waals surface area contributed by atoms with Gasteiger partial charge in [0.25, 0.3) is 0 Å². The van der Waals surface area contributed by atoms with Crippen molar-refractivity contribution in [3.63, 3.8) is 0 Å². The van der Waals surface area contributed by atoms with Gasteiger partial charge in [0, 0.05) is 6.54 Å². The number of hydrogen-bond acceptors (Lipinski definition) is 6. The summed E-state index contributed by atoms with van der Waals surface area (Å²) in [5.41, 5.74) is 8.58. The van der Waals surface area contributed by atoms with Crippen LogP contribution in [0.15, 0.2) is 36.7 Å². The van der Waals surface area contributed by atoms with Gasteiger partial charge >= 0.3 is 0 Å². The van der Waals surface area contributed by atoms with E-state index in [-0.39, 0.29) is 0 Å². The molecule has 0 radical (unpaired) electrons. The second-order valence-corrected chi connectivity index (χ2v) is 4.45. The van der Waals surface area contributed by atoms with Crippen LogP contribution in [0.25, 0.3) is 5.65 Å². The summed E-state index contributed by atoms with van der Waals surface area (Å²) in [7, 11) is 0. The molecular formula is C13H15N7. The highest BCUT2D eigenvalue weighted by Gasteiger charge is 2.03. The van der Waals surface area contributed by atoms with Crippen LogP contribution < -0.4 is 11.1 Å². The Morgan fingerprint density at radius 3 is 2.70 bits per heavy atom. The smallest absolute Gasteiger partial charge is 0.199 e. The van der Waals surface area contributed by atoms with Crippen molar-refractivity contribution in [2.75, 3.05) is 11.9 Å². The van der Waals surface area contributed by atoms with Gasteiger partial charge in [-0.25, -0.2) is 0 Å². The molecule has 0 saturated heterocycles. The van der Waals surface area contributed by atoms with Gasteiger partial charge in [-0.05, 0) is 34.5 Å². The van der Waals surface area contributed by atoms with Gasteiger partial charge in [-0.3, -0.25) is 4.98 Å². The van der Waals surface area contributed by atoms with E-state index in [1.807, 2.05) is 0 Å². The first-order valence-electron chi connectivity index (χ1n) is 6.40. The van der Waals surface area contributed by atoms with Crippen molar-refractivity contribution in [3.05, 3.63) is 47.8 Å². The third-order valence-electron chi connectivity index (χ3n) is 3.04. The summed E-state index contributed by atoms with van der Waals surface area (Å²) < 4.78 is 1.62. The Morgan fingerprint density at radius 1 is 1.10 bits per heavy atom. The Bertz CT molecular complexity index is 689. The number of nitrogens with two attached hydrogens (primary N) is 1. The highest BCUT2D eigenvalue weighted by atomic mass is 15.5. The average molecular weight is 269 g/mol. The molecule has 2 heterocycles. The minimum absolute atomic E-state index is 0.619. The molecule has 3 N–H and O–H groups in total. The van der Waals surface area contributed by atoms with Crippen LogP contribution >= 0.6 is 0 Å². The van der Waals surface area contributed by atoms with Crippen LogP contribution in [0.1, 0.15) is 11.1 Å². The van der Waals surface area contributed by atoms with Crippen molar-refractivity contribution >= 4 is 11.5 Å². The molecule has 1 aromatic carbocycles. The molecule has 20 heavy (non-hydrogen) atoms. The van der Waals surface area contributed by atoms with Gasteiger partial charge in [0.2, 0.25) is 0 Å². The summed E-state index contributed by atoms with van der Waals surface area (Å²) in [4.78, 5) is 4.10. The van der Waals surface area contributed by atoms with E-state index in [0.717, 1.165) is 12.2 Å². The number of hydrogen-bond donors (Lipinski definition) is 2. The number of fused-ring (bicyclic) bond motifs is 1. The molecule has 2 aromatic heterocycles. The van der Waals surface area contributed by atoms with E-state index in [1.54, 1.807) is 16.9 Å². The highest BCUT2D eigenvalue weighted by molar-refractivity contribution is 5.44. The predicted molar refractivity (Wildman–Crippen MR) is 75.1 cm³/mol. The number of anilines is 1. The van der Waals surface area contributed by atoms with Crippen molar-refractivity contribution < 1.29 is 0 Å². The van der Waals surface area contributed by atoms with Crippen molar-refractivity contribution in [2.24, 2.45) is 5.73 Å². The molecule has 7 heteroatoms. The lowest BCUT2D eigenvalue weighted by atomic mass is 10.1. The molecular weight excluding hydrogens is 254 g/mol. The Labute approximate surface area is 115 Å². The molecule has 0 unspecified atom stereocenters. The summed E-state index contributed by atoms with van der Waals surface area (Å²) >= 11 is 0. The standard InChI is InChI=1S/C13H15N7/c14-6-5-10-1-3-11(4-2-10)7-16-12-8-15-9-13-17-18-19-20(12)13/h1-4,8-9,16H,5-7,14H2. The lowest BCUT2D eigenvalue weighted by molar-refractivity contribution is 0.819. The van der Waals surface area contributed by atoms with E-state index < -0.39 is 0 Å². The number of benzene rings is 1. The van der Waals surface area contributed by atoms with E-state index in [2.05, 4.69) is 50.1 Å². The van der Waals surface area contributed by atoms with E-state index in [9.17, 15) is 0 Å². The number of rotatable bonds is 5. The zero-order chi connectivity index (χ0) is 13.8. The van der Waals surface area contributed by atoms with E-state index >= 15 is 0 Å². The van der Waals surface area contributed by atoms with Gasteiger partial charge in [0.05, 0.1) is 12.4 Å². The molecule has 0 aliphatic rings. The third-order valence-corrected chi connectivity index (χ3v) is 3.04. The quantitative estimate of drug-likeness (QED) is 0.705. The SMILES string of the molecule is NCCc1ccc(CNc2cncc3nnnn23)cc1. The molecule has 102 valence electrons. The van der Waals surface area contributed by atoms with Crippen LogP contribution in [0, 0.1) is 0 Å². The first-order valence-corrected chi connectivity index (χ1v) is 6.40. The lowest BCUT2D eigenvalue weighted by Gasteiger charge is -2.07. The topological polar surface area (TPSA) is 94.0 Å². The van der Waals surface area contributed by atoms with Crippen molar-refractivity contribution in [1.82, 2.24) is 25.0 Å². The van der Waals surface area contributed by atoms with Gasteiger partial charge in [0.1, 0.15) is 0 Å². The Balaban J connectivity index is 1.71. The first-order chi connectivity index (χ1) is 9.86. The molecule has 7 nitrogen and oxygen atoms in total. The molecule has 0 bridgehead atoms. The predicted octanol–water partition coefficient (Wildman–Crippen LogP) is 0.633. The largest absolute Gasteiger partial charge is 0.365 e. The summed E-state index contributed by atoms with van der Waals surface area (Å²) in [5, 5.41) is 14.7. The number of tetrazole rings is 1. The van der Waals surface area contributed by atoms with Crippen LogP contribution in [0.4, 0.5) is 5.82 Å². The summed E-state index contributed by atoms with van der Waals surface area (Å²) in [6.07, 6.45) is 4.22. The Kier molecular flexibility index (Phi) is 3.51. The minimum atomic E-state index is 0.619. The second-order valence-electron chi connectivity index (χ2n) is 4.45. The Hall–Kier alpha value is -2.54. The fourth-order valence-corrected chi connectivity index (χ4v) is 1.98. The van der Waals surface area contributed by atoms with Crippen LogP contribution in [-0.2, 0) is 13.0 Å². The summed E-state index contributed by atoms with van der Waals surface area (Å²) in [6, 6.07) is 8.37. The van der Waals surface area contributed by atoms with E-state index in [0.29, 0.717) is 18.7 Å². The number of nitrogens with one attached hydrogen (secondary N) is 1. The maximum atomic E-state index is 5.54. The molecule has 3 rings (SSSR count). The molecule has 3 aromatic rings. The molecule has 0 fully saturated rings. The van der Waals surface area contributed by atoms with Gasteiger partial charge in [-0.15, -0.1) is 5.10 Å². The van der Waals surface area contributed by atoms with Crippen molar-refractivity contribution in [3.8, 4) is 0 Å². The van der Waals surface area contributed by atoms with E-state index in [1.165, 1.54) is 11.1 Å². The third kappa shape index (κ3) is 2.57. The average Bonchev–Trinajstić information content (AvgIpc) is 2.96. The van der Waals surface area contributed by atoms with Crippen LogP contribution in [-0.4, -0.2) is 31.6 Å². The monoisotopic (exact) mass is 269 g/mol. The van der Waals surface area contributed by atoms with Gasteiger partial charge in [-0.1, -0.05) is 24.3 Å².